The second kappa shape index (κ2) is 5.89. The first kappa shape index (κ1) is 13.0. The highest BCUT2D eigenvalue weighted by Crippen LogP contribution is 2.24. The van der Waals surface area contributed by atoms with E-state index < -0.39 is 6.03 Å². The van der Waals surface area contributed by atoms with Gasteiger partial charge in [0.15, 0.2) is 0 Å². The lowest BCUT2D eigenvalue weighted by Crippen LogP contribution is -2.24. The first-order valence-electron chi connectivity index (χ1n) is 5.37. The Morgan fingerprint density at radius 1 is 1.47 bits per heavy atom. The fourth-order valence-electron chi connectivity index (χ4n) is 1.60. The molecule has 1 aromatic carbocycles. The molecule has 0 unspecified atom stereocenters. The number of carbonyl (C=O) groups excluding carboxylic acids is 1. The fourth-order valence-corrected chi connectivity index (χ4v) is 1.60. The van der Waals surface area contributed by atoms with Crippen molar-refractivity contribution in [3.05, 3.63) is 28.8 Å². The van der Waals surface area contributed by atoms with Gasteiger partial charge in [0, 0.05) is 0 Å². The summed E-state index contributed by atoms with van der Waals surface area (Å²) < 4.78 is 5.53. The van der Waals surface area contributed by atoms with Crippen LogP contribution in [0.4, 0.5) is 4.79 Å². The normalized spacial score (nSPS) is 10.5. The Bertz CT molecular complexity index is 418. The number of rotatable bonds is 4. The van der Waals surface area contributed by atoms with Gasteiger partial charge in [-0.25, -0.2) is 10.2 Å². The molecule has 0 bridgehead atoms. The molecule has 5 nitrogen and oxygen atoms in total. The summed E-state index contributed by atoms with van der Waals surface area (Å²) in [5.74, 6) is 0.896. The van der Waals surface area contributed by atoms with E-state index in [-0.39, 0.29) is 0 Å². The minimum atomic E-state index is -0.680. The van der Waals surface area contributed by atoms with Gasteiger partial charge in [-0.1, -0.05) is 0 Å². The van der Waals surface area contributed by atoms with Crippen molar-refractivity contribution in [2.75, 3.05) is 6.61 Å². The van der Waals surface area contributed by atoms with Crippen LogP contribution in [-0.2, 0) is 0 Å². The van der Waals surface area contributed by atoms with Crippen molar-refractivity contribution in [3.63, 3.8) is 0 Å². The molecule has 2 amide bonds. The van der Waals surface area contributed by atoms with Crippen LogP contribution in [0.5, 0.6) is 5.75 Å². The van der Waals surface area contributed by atoms with Crippen molar-refractivity contribution in [2.45, 2.75) is 20.8 Å². The number of hydrogen-bond acceptors (Lipinski definition) is 3. The van der Waals surface area contributed by atoms with E-state index in [2.05, 4.69) is 10.5 Å². The number of urea groups is 1. The summed E-state index contributed by atoms with van der Waals surface area (Å²) in [7, 11) is 0. The first-order chi connectivity index (χ1) is 8.04. The molecule has 0 saturated heterocycles. The lowest BCUT2D eigenvalue weighted by Gasteiger charge is -2.11. The van der Waals surface area contributed by atoms with E-state index in [9.17, 15) is 4.79 Å². The molecule has 0 heterocycles. The van der Waals surface area contributed by atoms with Gasteiger partial charge in [-0.2, -0.15) is 5.10 Å². The molecular weight excluding hydrogens is 218 g/mol. The average Bonchev–Trinajstić information content (AvgIpc) is 2.23. The number of ether oxygens (including phenoxy) is 1. The lowest BCUT2D eigenvalue weighted by molar-refractivity contribution is 0.249. The third-order valence-electron chi connectivity index (χ3n) is 2.16. The van der Waals surface area contributed by atoms with Crippen molar-refractivity contribution in [3.8, 4) is 5.75 Å². The lowest BCUT2D eigenvalue weighted by atomic mass is 10.1. The van der Waals surface area contributed by atoms with Gasteiger partial charge in [0.1, 0.15) is 5.75 Å². The molecule has 1 aromatic rings. The van der Waals surface area contributed by atoms with Crippen LogP contribution in [-0.4, -0.2) is 18.9 Å². The number of primary amides is 1. The van der Waals surface area contributed by atoms with Crippen molar-refractivity contribution in [1.29, 1.82) is 0 Å². The van der Waals surface area contributed by atoms with Crippen LogP contribution in [0, 0.1) is 13.8 Å². The molecule has 1 rings (SSSR count). The van der Waals surface area contributed by atoms with E-state index in [1.54, 1.807) is 6.21 Å². The third-order valence-corrected chi connectivity index (χ3v) is 2.16. The Hall–Kier alpha value is -2.04. The highest BCUT2D eigenvalue weighted by Gasteiger charge is 2.04. The number of aryl methyl sites for hydroxylation is 2. The maximum absolute atomic E-state index is 10.4. The number of nitrogens with two attached hydrogens (primary N) is 1. The molecule has 17 heavy (non-hydrogen) atoms. The highest BCUT2D eigenvalue weighted by atomic mass is 16.5. The maximum atomic E-state index is 10.4. The molecule has 0 saturated carbocycles. The Morgan fingerprint density at radius 3 is 2.53 bits per heavy atom. The van der Waals surface area contributed by atoms with Gasteiger partial charge < -0.3 is 10.5 Å². The van der Waals surface area contributed by atoms with Crippen LogP contribution >= 0.6 is 0 Å². The summed E-state index contributed by atoms with van der Waals surface area (Å²) in [6.45, 7) is 6.52. The quantitative estimate of drug-likeness (QED) is 0.615. The predicted octanol–water partition coefficient (Wildman–Crippen LogP) is 1.70. The molecule has 0 aliphatic heterocycles. The monoisotopic (exact) mass is 235 g/mol. The summed E-state index contributed by atoms with van der Waals surface area (Å²) >= 11 is 0. The zero-order valence-electron chi connectivity index (χ0n) is 10.3. The van der Waals surface area contributed by atoms with Crippen LogP contribution in [0.2, 0.25) is 0 Å². The van der Waals surface area contributed by atoms with E-state index in [0.29, 0.717) is 6.61 Å². The van der Waals surface area contributed by atoms with Gasteiger partial charge in [-0.05, 0) is 49.6 Å². The second-order valence-electron chi connectivity index (χ2n) is 3.65. The fraction of sp³-hybridized carbons (Fsp3) is 0.333. The van der Waals surface area contributed by atoms with Gasteiger partial charge in [0.2, 0.25) is 0 Å². The van der Waals surface area contributed by atoms with Gasteiger partial charge in [0.25, 0.3) is 0 Å². The van der Waals surface area contributed by atoms with Crippen molar-refractivity contribution in [2.24, 2.45) is 10.8 Å². The van der Waals surface area contributed by atoms with E-state index in [1.165, 1.54) is 0 Å². The summed E-state index contributed by atoms with van der Waals surface area (Å²) in [5.41, 5.74) is 10.0. The van der Waals surface area contributed by atoms with Gasteiger partial charge in [-0.15, -0.1) is 0 Å². The largest absolute Gasteiger partial charge is 0.493 e. The molecule has 0 fully saturated rings. The van der Waals surface area contributed by atoms with Gasteiger partial charge >= 0.3 is 6.03 Å². The molecule has 5 heteroatoms. The standard InChI is InChI=1S/C12H17N3O2/c1-4-17-11-8(2)5-10(6-9(11)3)7-14-15-12(13)16/h5-7H,4H2,1-3H3,(H3,13,15,16). The molecule has 0 spiro atoms. The molecule has 0 aliphatic rings. The molecular formula is C12H17N3O2. The maximum Gasteiger partial charge on any atom is 0.332 e. The van der Waals surface area contributed by atoms with E-state index in [4.69, 9.17) is 10.5 Å². The average molecular weight is 235 g/mol. The van der Waals surface area contributed by atoms with Crippen molar-refractivity contribution in [1.82, 2.24) is 5.43 Å². The number of amides is 2. The predicted molar refractivity (Wildman–Crippen MR) is 67.4 cm³/mol. The number of carbonyl (C=O) groups is 1. The number of benzene rings is 1. The third kappa shape index (κ3) is 3.79. The Balaban J connectivity index is 2.90. The van der Waals surface area contributed by atoms with E-state index >= 15 is 0 Å². The van der Waals surface area contributed by atoms with Gasteiger partial charge in [0.05, 0.1) is 12.8 Å². The van der Waals surface area contributed by atoms with Crippen molar-refractivity contribution >= 4 is 12.2 Å². The number of hydrogen-bond donors (Lipinski definition) is 2. The minimum absolute atomic E-state index is 0.637. The van der Waals surface area contributed by atoms with E-state index in [0.717, 1.165) is 22.4 Å². The zero-order valence-corrected chi connectivity index (χ0v) is 10.3. The molecule has 0 aliphatic carbocycles. The van der Waals surface area contributed by atoms with E-state index in [1.807, 2.05) is 32.9 Å². The van der Waals surface area contributed by atoms with Crippen LogP contribution in [0.25, 0.3) is 0 Å². The summed E-state index contributed by atoms with van der Waals surface area (Å²) in [6, 6.07) is 3.19. The van der Waals surface area contributed by atoms with Gasteiger partial charge in [-0.3, -0.25) is 0 Å². The highest BCUT2D eigenvalue weighted by molar-refractivity contribution is 5.82. The Morgan fingerprint density at radius 2 is 2.06 bits per heavy atom. The SMILES string of the molecule is CCOc1c(C)cc(C=NNC(N)=O)cc1C. The molecule has 3 N–H and O–H groups in total. The minimum Gasteiger partial charge on any atom is -0.493 e. The summed E-state index contributed by atoms with van der Waals surface area (Å²) in [6.07, 6.45) is 1.54. The number of nitrogens with one attached hydrogen (secondary N) is 1. The molecule has 0 radical (unpaired) electrons. The molecule has 92 valence electrons. The first-order valence-corrected chi connectivity index (χ1v) is 5.37. The topological polar surface area (TPSA) is 76.7 Å². The van der Waals surface area contributed by atoms with Crippen LogP contribution in [0.1, 0.15) is 23.6 Å². The number of nitrogens with zero attached hydrogens (tertiary/aromatic N) is 1. The summed E-state index contributed by atoms with van der Waals surface area (Å²) in [5, 5.41) is 3.71. The molecule has 0 atom stereocenters. The summed E-state index contributed by atoms with van der Waals surface area (Å²) in [4.78, 5) is 10.4. The van der Waals surface area contributed by atoms with Crippen LogP contribution in [0.3, 0.4) is 0 Å². The number of hydrazone groups is 1. The molecule has 0 aromatic heterocycles. The Labute approximate surface area is 101 Å². The van der Waals surface area contributed by atoms with Crippen LogP contribution in [0.15, 0.2) is 17.2 Å². The smallest absolute Gasteiger partial charge is 0.332 e. The van der Waals surface area contributed by atoms with Crippen molar-refractivity contribution < 1.29 is 9.53 Å². The Kier molecular flexibility index (Phi) is 4.51. The second-order valence-corrected chi connectivity index (χ2v) is 3.65. The zero-order chi connectivity index (χ0) is 12.8. The van der Waals surface area contributed by atoms with Crippen LogP contribution < -0.4 is 15.9 Å².